The topological polar surface area (TPSA) is 69.3 Å². The van der Waals surface area contributed by atoms with Crippen LogP contribution in [0.15, 0.2) is 46.9 Å². The first-order valence-corrected chi connectivity index (χ1v) is 8.94. The molecule has 27 heavy (non-hydrogen) atoms. The summed E-state index contributed by atoms with van der Waals surface area (Å²) in [7, 11) is 0. The number of ether oxygens (including phenoxy) is 1. The molecule has 1 heterocycles. The quantitative estimate of drug-likeness (QED) is 0.641. The lowest BCUT2D eigenvalue weighted by molar-refractivity contribution is -0.117. The summed E-state index contributed by atoms with van der Waals surface area (Å²) in [5, 5.41) is 7.07. The molecule has 0 bridgehead atoms. The minimum Gasteiger partial charge on any atom is -0.484 e. The van der Waals surface area contributed by atoms with Crippen molar-refractivity contribution < 1.29 is 13.9 Å². The van der Waals surface area contributed by atoms with Crippen LogP contribution in [-0.2, 0) is 17.9 Å². The predicted octanol–water partition coefficient (Wildman–Crippen LogP) is 4.35. The summed E-state index contributed by atoms with van der Waals surface area (Å²) >= 11 is 5.14. The molecule has 7 heteroatoms. The van der Waals surface area contributed by atoms with E-state index in [1.165, 1.54) is 4.68 Å². The smallest absolute Gasteiger partial charge is 0.287 e. The fourth-order valence-corrected chi connectivity index (χ4v) is 2.87. The second kappa shape index (κ2) is 8.18. The van der Waals surface area contributed by atoms with Gasteiger partial charge in [-0.2, -0.15) is 0 Å². The van der Waals surface area contributed by atoms with Crippen LogP contribution in [0.25, 0.3) is 0 Å². The highest BCUT2D eigenvalue weighted by atomic mass is 32.1. The molecule has 0 aliphatic heterocycles. The van der Waals surface area contributed by atoms with Gasteiger partial charge in [-0.25, -0.2) is 4.68 Å². The van der Waals surface area contributed by atoms with Crippen molar-refractivity contribution in [1.82, 2.24) is 9.78 Å². The lowest BCUT2D eigenvalue weighted by Crippen LogP contribution is -2.20. The highest BCUT2D eigenvalue weighted by molar-refractivity contribution is 7.71. The molecule has 0 radical (unpaired) electrons. The van der Waals surface area contributed by atoms with Gasteiger partial charge >= 0.3 is 0 Å². The Bertz CT molecular complexity index is 986. The van der Waals surface area contributed by atoms with Gasteiger partial charge in [0.15, 0.2) is 6.61 Å². The Kier molecular flexibility index (Phi) is 5.71. The van der Waals surface area contributed by atoms with E-state index in [1.807, 2.05) is 63.2 Å². The summed E-state index contributed by atoms with van der Waals surface area (Å²) < 4.78 is 12.4. The van der Waals surface area contributed by atoms with E-state index < -0.39 is 0 Å². The normalized spacial score (nSPS) is 10.6. The molecule has 6 nitrogen and oxygen atoms in total. The lowest BCUT2D eigenvalue weighted by Gasteiger charge is -2.07. The second-order valence-electron chi connectivity index (χ2n) is 6.45. The van der Waals surface area contributed by atoms with E-state index in [0.717, 1.165) is 22.4 Å². The van der Waals surface area contributed by atoms with E-state index in [-0.39, 0.29) is 23.9 Å². The third-order valence-electron chi connectivity index (χ3n) is 3.83. The van der Waals surface area contributed by atoms with Gasteiger partial charge in [0.25, 0.3) is 10.7 Å². The Morgan fingerprint density at radius 2 is 1.78 bits per heavy atom. The maximum atomic E-state index is 12.3. The van der Waals surface area contributed by atoms with Gasteiger partial charge in [0.2, 0.25) is 5.91 Å². The first-order valence-electron chi connectivity index (χ1n) is 8.53. The van der Waals surface area contributed by atoms with Crippen molar-refractivity contribution in [2.75, 3.05) is 5.32 Å². The van der Waals surface area contributed by atoms with Gasteiger partial charge in [0.05, 0.1) is 0 Å². The van der Waals surface area contributed by atoms with Gasteiger partial charge < -0.3 is 14.5 Å². The minimum atomic E-state index is -0.226. The van der Waals surface area contributed by atoms with Crippen LogP contribution < -0.4 is 10.1 Å². The number of nitrogens with zero attached hydrogens (tertiary/aromatic N) is 2. The molecule has 1 aromatic heterocycles. The zero-order valence-corrected chi connectivity index (χ0v) is 16.3. The van der Waals surface area contributed by atoms with E-state index in [1.54, 1.807) is 0 Å². The van der Waals surface area contributed by atoms with E-state index in [2.05, 4.69) is 10.4 Å². The van der Waals surface area contributed by atoms with Gasteiger partial charge in [-0.15, -0.1) is 5.10 Å². The molecule has 0 unspecified atom stereocenters. The summed E-state index contributed by atoms with van der Waals surface area (Å²) in [5.41, 5.74) is 4.06. The Labute approximate surface area is 162 Å². The SMILES string of the molecule is Cc1ccc(OCc2nn(CC(=O)Nc3cc(C)cc(C)c3)c(=S)o2)cc1. The summed E-state index contributed by atoms with van der Waals surface area (Å²) in [6.45, 7) is 6.08. The molecule has 0 atom stereocenters. The highest BCUT2D eigenvalue weighted by Crippen LogP contribution is 2.15. The summed E-state index contributed by atoms with van der Waals surface area (Å²) in [6.07, 6.45) is 0. The maximum Gasteiger partial charge on any atom is 0.287 e. The minimum absolute atomic E-state index is 0.0279. The van der Waals surface area contributed by atoms with Crippen molar-refractivity contribution in [3.8, 4) is 5.75 Å². The fraction of sp³-hybridized carbons (Fsp3) is 0.250. The third kappa shape index (κ3) is 5.27. The fourth-order valence-electron chi connectivity index (χ4n) is 2.67. The van der Waals surface area contributed by atoms with Crippen molar-refractivity contribution >= 4 is 23.8 Å². The van der Waals surface area contributed by atoms with Gasteiger partial charge in [0.1, 0.15) is 12.3 Å². The first-order chi connectivity index (χ1) is 12.9. The molecule has 0 saturated carbocycles. The van der Waals surface area contributed by atoms with Gasteiger partial charge in [-0.1, -0.05) is 23.8 Å². The molecule has 0 saturated heterocycles. The molecule has 140 valence electrons. The van der Waals surface area contributed by atoms with Crippen LogP contribution in [0.4, 0.5) is 5.69 Å². The maximum absolute atomic E-state index is 12.3. The summed E-state index contributed by atoms with van der Waals surface area (Å²) in [5.74, 6) is 0.805. The first kappa shape index (κ1) is 18.8. The van der Waals surface area contributed by atoms with E-state index in [9.17, 15) is 4.79 Å². The molecule has 0 spiro atoms. The molecule has 1 amide bonds. The monoisotopic (exact) mass is 383 g/mol. The largest absolute Gasteiger partial charge is 0.484 e. The average Bonchev–Trinajstić information content (AvgIpc) is 2.93. The Balaban J connectivity index is 1.61. The number of anilines is 1. The van der Waals surface area contributed by atoms with Crippen LogP contribution in [0.5, 0.6) is 5.75 Å². The van der Waals surface area contributed by atoms with E-state index in [4.69, 9.17) is 21.4 Å². The summed E-state index contributed by atoms with van der Waals surface area (Å²) in [4.78, 5) is 12.4. The number of amides is 1. The molecule has 3 rings (SSSR count). The summed E-state index contributed by atoms with van der Waals surface area (Å²) in [6, 6.07) is 13.5. The van der Waals surface area contributed by atoms with Crippen LogP contribution in [0.1, 0.15) is 22.6 Å². The number of hydrogen-bond acceptors (Lipinski definition) is 5. The van der Waals surface area contributed by atoms with E-state index >= 15 is 0 Å². The van der Waals surface area contributed by atoms with Crippen molar-refractivity contribution in [1.29, 1.82) is 0 Å². The van der Waals surface area contributed by atoms with Crippen molar-refractivity contribution in [3.05, 3.63) is 69.9 Å². The number of hydrogen-bond donors (Lipinski definition) is 1. The molecule has 0 fully saturated rings. The highest BCUT2D eigenvalue weighted by Gasteiger charge is 2.11. The van der Waals surface area contributed by atoms with Crippen LogP contribution in [0, 0.1) is 25.6 Å². The Morgan fingerprint density at radius 1 is 1.11 bits per heavy atom. The molecule has 0 aliphatic carbocycles. The van der Waals surface area contributed by atoms with Crippen LogP contribution in [0.2, 0.25) is 0 Å². The molecular weight excluding hydrogens is 362 g/mol. The van der Waals surface area contributed by atoms with Crippen LogP contribution in [0.3, 0.4) is 0 Å². The van der Waals surface area contributed by atoms with Crippen molar-refractivity contribution in [3.63, 3.8) is 0 Å². The average molecular weight is 383 g/mol. The standard InChI is InChI=1S/C20H21N3O3S/c1-13-4-6-17(7-5-13)25-12-19-22-23(20(27)26-19)11-18(24)21-16-9-14(2)8-15(3)10-16/h4-10H,11-12H2,1-3H3,(H,21,24). The number of aromatic nitrogens is 2. The van der Waals surface area contributed by atoms with Gasteiger partial charge in [0, 0.05) is 5.69 Å². The van der Waals surface area contributed by atoms with Crippen molar-refractivity contribution in [2.24, 2.45) is 0 Å². The zero-order chi connectivity index (χ0) is 19.4. The number of benzene rings is 2. The number of nitrogens with one attached hydrogen (secondary N) is 1. The molecule has 1 N–H and O–H groups in total. The van der Waals surface area contributed by atoms with Crippen molar-refractivity contribution in [2.45, 2.75) is 33.9 Å². The van der Waals surface area contributed by atoms with Gasteiger partial charge in [-0.3, -0.25) is 4.79 Å². The third-order valence-corrected chi connectivity index (χ3v) is 4.12. The van der Waals surface area contributed by atoms with Crippen LogP contribution >= 0.6 is 12.2 Å². The van der Waals surface area contributed by atoms with E-state index in [0.29, 0.717) is 11.6 Å². The molecule has 2 aromatic carbocycles. The van der Waals surface area contributed by atoms with Crippen LogP contribution in [-0.4, -0.2) is 15.7 Å². The number of aryl methyl sites for hydroxylation is 3. The Hall–Kier alpha value is -2.93. The zero-order valence-electron chi connectivity index (χ0n) is 15.5. The number of carbonyl (C=O) groups is 1. The number of rotatable bonds is 6. The number of carbonyl (C=O) groups excluding carboxylic acids is 1. The second-order valence-corrected chi connectivity index (χ2v) is 6.79. The molecule has 3 aromatic rings. The van der Waals surface area contributed by atoms with Gasteiger partial charge in [-0.05, 0) is 68.4 Å². The lowest BCUT2D eigenvalue weighted by atomic mass is 10.1. The predicted molar refractivity (Wildman–Crippen MR) is 105 cm³/mol. The molecular formula is C20H21N3O3S. The molecule has 0 aliphatic rings. The Morgan fingerprint density at radius 3 is 2.44 bits per heavy atom.